The van der Waals surface area contributed by atoms with Gasteiger partial charge in [0.1, 0.15) is 0 Å². The van der Waals surface area contributed by atoms with E-state index in [1.165, 1.54) is 4.31 Å². The summed E-state index contributed by atoms with van der Waals surface area (Å²) in [4.78, 5) is 17.0. The first-order valence-electron chi connectivity index (χ1n) is 9.67. The summed E-state index contributed by atoms with van der Waals surface area (Å²) >= 11 is 0. The molecule has 0 bridgehead atoms. The van der Waals surface area contributed by atoms with E-state index in [1.807, 2.05) is 42.5 Å². The summed E-state index contributed by atoms with van der Waals surface area (Å²) in [6.07, 6.45) is 6.30. The molecular formula is C21H25N3O3S. The fraction of sp³-hybridized carbons (Fsp3) is 0.429. The second-order valence-corrected chi connectivity index (χ2v) is 9.85. The molecule has 1 aromatic heterocycles. The molecule has 2 aliphatic rings. The van der Waals surface area contributed by atoms with Crippen LogP contribution in [0.15, 0.2) is 54.9 Å². The van der Waals surface area contributed by atoms with E-state index in [9.17, 15) is 13.2 Å². The zero-order valence-corrected chi connectivity index (χ0v) is 16.6. The van der Waals surface area contributed by atoms with Crippen molar-refractivity contribution >= 4 is 15.9 Å². The molecule has 1 aliphatic carbocycles. The molecule has 1 aliphatic heterocycles. The highest BCUT2D eigenvalue weighted by molar-refractivity contribution is 7.88. The van der Waals surface area contributed by atoms with Crippen molar-refractivity contribution in [2.45, 2.75) is 31.6 Å². The topological polar surface area (TPSA) is 79.4 Å². The van der Waals surface area contributed by atoms with Crippen molar-refractivity contribution in [3.8, 4) is 0 Å². The minimum Gasteiger partial charge on any atom is -0.352 e. The van der Waals surface area contributed by atoms with E-state index in [-0.39, 0.29) is 29.5 Å². The molecule has 1 saturated heterocycles. The minimum absolute atomic E-state index is 0.0199. The summed E-state index contributed by atoms with van der Waals surface area (Å²) < 4.78 is 27.5. The predicted molar refractivity (Wildman–Crippen MR) is 106 cm³/mol. The SMILES string of the molecule is O=C(NCc1cccnc1)C1CN(S(=O)(=O)Cc2ccccc2)CC12CCC2. The maximum Gasteiger partial charge on any atom is 0.225 e. The van der Waals surface area contributed by atoms with Crippen molar-refractivity contribution in [2.24, 2.45) is 11.3 Å². The molecule has 2 fully saturated rings. The summed E-state index contributed by atoms with van der Waals surface area (Å²) in [5.41, 5.74) is 1.50. The van der Waals surface area contributed by atoms with Gasteiger partial charge in [0.25, 0.3) is 0 Å². The first-order valence-corrected chi connectivity index (χ1v) is 11.3. The number of benzene rings is 1. The number of hydrogen-bond acceptors (Lipinski definition) is 4. The smallest absolute Gasteiger partial charge is 0.225 e. The van der Waals surface area contributed by atoms with Gasteiger partial charge in [-0.15, -0.1) is 0 Å². The van der Waals surface area contributed by atoms with Crippen LogP contribution < -0.4 is 5.32 Å². The molecule has 1 atom stereocenters. The quantitative estimate of drug-likeness (QED) is 0.809. The number of aromatic nitrogens is 1. The van der Waals surface area contributed by atoms with Crippen molar-refractivity contribution in [3.05, 3.63) is 66.0 Å². The van der Waals surface area contributed by atoms with Gasteiger partial charge in [0, 0.05) is 32.0 Å². The van der Waals surface area contributed by atoms with Crippen LogP contribution in [0.3, 0.4) is 0 Å². The third-order valence-electron chi connectivity index (χ3n) is 6.06. The molecule has 6 nitrogen and oxygen atoms in total. The van der Waals surface area contributed by atoms with E-state index >= 15 is 0 Å². The Bertz CT molecular complexity index is 928. The van der Waals surface area contributed by atoms with Crippen LogP contribution in [0.2, 0.25) is 0 Å². The average molecular weight is 400 g/mol. The largest absolute Gasteiger partial charge is 0.352 e. The fourth-order valence-electron chi connectivity index (χ4n) is 4.32. The normalized spacial score (nSPS) is 21.4. The highest BCUT2D eigenvalue weighted by atomic mass is 32.2. The molecule has 1 unspecified atom stereocenters. The van der Waals surface area contributed by atoms with Gasteiger partial charge in [0.15, 0.2) is 0 Å². The Morgan fingerprint density at radius 3 is 2.54 bits per heavy atom. The van der Waals surface area contributed by atoms with Gasteiger partial charge in [-0.2, -0.15) is 0 Å². The van der Waals surface area contributed by atoms with Crippen molar-refractivity contribution < 1.29 is 13.2 Å². The first kappa shape index (κ1) is 19.1. The van der Waals surface area contributed by atoms with Gasteiger partial charge in [-0.1, -0.05) is 42.8 Å². The fourth-order valence-corrected chi connectivity index (χ4v) is 5.95. The Balaban J connectivity index is 1.45. The number of hydrogen-bond donors (Lipinski definition) is 1. The van der Waals surface area contributed by atoms with E-state index in [0.717, 1.165) is 30.4 Å². The second-order valence-electron chi connectivity index (χ2n) is 7.88. The van der Waals surface area contributed by atoms with Crippen LogP contribution in [0.5, 0.6) is 0 Å². The van der Waals surface area contributed by atoms with Crippen LogP contribution in [-0.2, 0) is 27.1 Å². The van der Waals surface area contributed by atoms with E-state index in [0.29, 0.717) is 13.1 Å². The lowest BCUT2D eigenvalue weighted by molar-refractivity contribution is -0.129. The highest BCUT2D eigenvalue weighted by Crippen LogP contribution is 2.52. The lowest BCUT2D eigenvalue weighted by Gasteiger charge is -2.42. The van der Waals surface area contributed by atoms with Gasteiger partial charge in [-0.05, 0) is 35.4 Å². The number of sulfonamides is 1. The number of pyridine rings is 1. The molecule has 2 aromatic rings. The zero-order valence-electron chi connectivity index (χ0n) is 15.8. The number of rotatable bonds is 6. The third kappa shape index (κ3) is 3.82. The van der Waals surface area contributed by atoms with Crippen LogP contribution >= 0.6 is 0 Å². The molecule has 1 amide bonds. The number of carbonyl (C=O) groups excluding carboxylic acids is 1. The average Bonchev–Trinajstić information content (AvgIpc) is 3.10. The van der Waals surface area contributed by atoms with Crippen molar-refractivity contribution in [1.29, 1.82) is 0 Å². The summed E-state index contributed by atoms with van der Waals surface area (Å²) in [5, 5.41) is 2.99. The number of nitrogens with one attached hydrogen (secondary N) is 1. The summed E-state index contributed by atoms with van der Waals surface area (Å²) in [6.45, 7) is 1.14. The Morgan fingerprint density at radius 2 is 1.89 bits per heavy atom. The van der Waals surface area contributed by atoms with Crippen LogP contribution in [0.1, 0.15) is 30.4 Å². The first-order chi connectivity index (χ1) is 13.5. The summed E-state index contributed by atoms with van der Waals surface area (Å²) in [5.74, 6) is -0.363. The molecule has 1 aromatic carbocycles. The van der Waals surface area contributed by atoms with Crippen LogP contribution in [0.25, 0.3) is 0 Å². The Hall–Kier alpha value is -2.25. The molecule has 7 heteroatoms. The maximum atomic E-state index is 13.0. The van der Waals surface area contributed by atoms with Gasteiger partial charge < -0.3 is 5.32 Å². The molecule has 0 radical (unpaired) electrons. The van der Waals surface area contributed by atoms with E-state index in [2.05, 4.69) is 10.3 Å². The van der Waals surface area contributed by atoms with E-state index < -0.39 is 10.0 Å². The molecule has 4 rings (SSSR count). The lowest BCUT2D eigenvalue weighted by atomic mass is 9.62. The van der Waals surface area contributed by atoms with Gasteiger partial charge in [0.2, 0.25) is 15.9 Å². The standard InChI is InChI=1S/C21H25N3O3S/c25-20(23-13-18-8-4-11-22-12-18)19-14-24(16-21(19)9-5-10-21)28(26,27)15-17-6-2-1-3-7-17/h1-4,6-8,11-12,19H,5,9-10,13-16H2,(H,23,25). The van der Waals surface area contributed by atoms with Crippen molar-refractivity contribution in [1.82, 2.24) is 14.6 Å². The van der Waals surface area contributed by atoms with Crippen LogP contribution in [0, 0.1) is 11.3 Å². The Morgan fingerprint density at radius 1 is 1.14 bits per heavy atom. The van der Waals surface area contributed by atoms with Gasteiger partial charge in [-0.25, -0.2) is 12.7 Å². The summed E-state index contributed by atoms with van der Waals surface area (Å²) in [7, 11) is -3.45. The number of carbonyl (C=O) groups is 1. The monoisotopic (exact) mass is 399 g/mol. The lowest BCUT2D eigenvalue weighted by Crippen LogP contribution is -2.45. The number of nitrogens with zero attached hydrogens (tertiary/aromatic N) is 2. The van der Waals surface area contributed by atoms with E-state index in [4.69, 9.17) is 0 Å². The predicted octanol–water partition coefficient (Wildman–Crippen LogP) is 2.33. The molecule has 2 heterocycles. The van der Waals surface area contributed by atoms with Crippen LogP contribution in [-0.4, -0.2) is 36.7 Å². The van der Waals surface area contributed by atoms with E-state index in [1.54, 1.807) is 12.4 Å². The molecular weight excluding hydrogens is 374 g/mol. The Kier molecular flexibility index (Phi) is 5.21. The molecule has 1 spiro atoms. The second kappa shape index (κ2) is 7.64. The number of amides is 1. The minimum atomic E-state index is -3.45. The summed E-state index contributed by atoms with van der Waals surface area (Å²) in [6, 6.07) is 13.0. The third-order valence-corrected chi connectivity index (χ3v) is 7.82. The van der Waals surface area contributed by atoms with Gasteiger partial charge in [0.05, 0.1) is 11.7 Å². The van der Waals surface area contributed by atoms with Gasteiger partial charge in [-0.3, -0.25) is 9.78 Å². The highest BCUT2D eigenvalue weighted by Gasteiger charge is 2.55. The molecule has 1 N–H and O–H groups in total. The molecule has 1 saturated carbocycles. The molecule has 28 heavy (non-hydrogen) atoms. The van der Waals surface area contributed by atoms with Crippen molar-refractivity contribution in [3.63, 3.8) is 0 Å². The Labute approximate surface area is 166 Å². The van der Waals surface area contributed by atoms with Crippen molar-refractivity contribution in [2.75, 3.05) is 13.1 Å². The zero-order chi connectivity index (χ0) is 19.6. The molecule has 148 valence electrons. The maximum absolute atomic E-state index is 13.0. The van der Waals surface area contributed by atoms with Gasteiger partial charge >= 0.3 is 0 Å². The van der Waals surface area contributed by atoms with Crippen LogP contribution in [0.4, 0.5) is 0 Å².